The number of carbonyl (C=O) groups excluding carboxylic acids is 1. The van der Waals surface area contributed by atoms with Crippen molar-refractivity contribution in [1.82, 2.24) is 9.62 Å². The number of fused-ring (bicyclic) bond motifs is 2. The van der Waals surface area contributed by atoms with Crippen LogP contribution in [0.1, 0.15) is 25.8 Å². The van der Waals surface area contributed by atoms with Crippen molar-refractivity contribution in [3.8, 4) is 11.5 Å². The molecule has 0 spiro atoms. The maximum atomic E-state index is 13.7. The van der Waals surface area contributed by atoms with Gasteiger partial charge in [0.25, 0.3) is 0 Å². The normalized spacial score (nSPS) is 23.3. The van der Waals surface area contributed by atoms with Crippen LogP contribution in [0.25, 0.3) is 0 Å². The molecule has 218 valence electrons. The van der Waals surface area contributed by atoms with Crippen molar-refractivity contribution < 1.29 is 42.0 Å². The predicted molar refractivity (Wildman–Crippen MR) is 143 cm³/mol. The fourth-order valence-electron chi connectivity index (χ4n) is 5.22. The molecule has 3 heterocycles. The number of hydrogen-bond donors (Lipinski definition) is 2. The third kappa shape index (κ3) is 6.52. The van der Waals surface area contributed by atoms with E-state index < -0.39 is 34.4 Å². The van der Waals surface area contributed by atoms with E-state index in [1.54, 1.807) is 6.07 Å². The van der Waals surface area contributed by atoms with Crippen LogP contribution in [-0.4, -0.2) is 81.6 Å². The van der Waals surface area contributed by atoms with E-state index in [9.17, 15) is 18.3 Å². The van der Waals surface area contributed by atoms with Gasteiger partial charge in [0.2, 0.25) is 16.8 Å². The second-order valence-electron chi connectivity index (χ2n) is 10.7. The maximum absolute atomic E-state index is 13.7. The Balaban J connectivity index is 1.33. The highest BCUT2D eigenvalue weighted by Crippen LogP contribution is 2.35. The number of benzene rings is 2. The van der Waals surface area contributed by atoms with Crippen molar-refractivity contribution in [2.45, 2.75) is 56.1 Å². The Morgan fingerprint density at radius 3 is 2.65 bits per heavy atom. The highest BCUT2D eigenvalue weighted by Gasteiger charge is 2.44. The number of nitrogens with zero attached hydrogens (tertiary/aromatic N) is 1. The number of sulfonamides is 1. The molecular formula is C28H36N2O9S. The van der Waals surface area contributed by atoms with E-state index in [0.717, 1.165) is 12.0 Å². The topological polar surface area (TPSA) is 133 Å². The first kappa shape index (κ1) is 28.6. The molecule has 0 saturated carbocycles. The lowest BCUT2D eigenvalue weighted by Gasteiger charge is -2.31. The number of nitrogens with one attached hydrogen (secondary N) is 1. The summed E-state index contributed by atoms with van der Waals surface area (Å²) in [7, 11) is -4.01. The number of aliphatic hydroxyl groups excluding tert-OH is 1. The molecule has 2 aromatic rings. The van der Waals surface area contributed by atoms with Crippen molar-refractivity contribution in [1.29, 1.82) is 0 Å². The van der Waals surface area contributed by atoms with Gasteiger partial charge in [-0.2, -0.15) is 4.31 Å². The molecule has 11 nitrogen and oxygen atoms in total. The van der Waals surface area contributed by atoms with Crippen LogP contribution in [0.2, 0.25) is 0 Å². The Bertz CT molecular complexity index is 1270. The number of hydrogen-bond acceptors (Lipinski definition) is 9. The van der Waals surface area contributed by atoms with Crippen molar-refractivity contribution in [2.24, 2.45) is 11.8 Å². The van der Waals surface area contributed by atoms with E-state index in [4.69, 9.17) is 23.7 Å². The van der Waals surface area contributed by atoms with Gasteiger partial charge in [-0.15, -0.1) is 0 Å². The van der Waals surface area contributed by atoms with Gasteiger partial charge in [-0.25, -0.2) is 13.2 Å². The van der Waals surface area contributed by atoms with Gasteiger partial charge in [0.1, 0.15) is 6.10 Å². The lowest BCUT2D eigenvalue weighted by molar-refractivity contribution is -0.0907. The molecule has 0 bridgehead atoms. The molecule has 1 amide bonds. The number of carbonyl (C=O) groups is 1. The molecule has 0 radical (unpaired) electrons. The number of amides is 1. The quantitative estimate of drug-likeness (QED) is 0.414. The molecule has 40 heavy (non-hydrogen) atoms. The maximum Gasteiger partial charge on any atom is 0.407 e. The summed E-state index contributed by atoms with van der Waals surface area (Å²) in [5.41, 5.74) is 0.870. The third-order valence-corrected chi connectivity index (χ3v) is 9.08. The van der Waals surface area contributed by atoms with Crippen molar-refractivity contribution in [3.63, 3.8) is 0 Å². The molecule has 2 saturated heterocycles. The molecular weight excluding hydrogens is 540 g/mol. The minimum absolute atomic E-state index is 0.0228. The largest absolute Gasteiger partial charge is 0.454 e. The number of ether oxygens (including phenoxy) is 5. The van der Waals surface area contributed by atoms with E-state index in [1.165, 1.54) is 16.4 Å². The summed E-state index contributed by atoms with van der Waals surface area (Å²) in [6, 6.07) is 13.0. The van der Waals surface area contributed by atoms with E-state index in [1.807, 2.05) is 44.2 Å². The van der Waals surface area contributed by atoms with Gasteiger partial charge in [0.05, 0.1) is 36.2 Å². The molecule has 5 atom stereocenters. The summed E-state index contributed by atoms with van der Waals surface area (Å²) in [5.74, 6) is 0.772. The van der Waals surface area contributed by atoms with Crippen LogP contribution in [0.5, 0.6) is 11.5 Å². The second kappa shape index (κ2) is 12.3. The van der Waals surface area contributed by atoms with E-state index in [0.29, 0.717) is 18.1 Å². The smallest absolute Gasteiger partial charge is 0.407 e. The number of aliphatic hydroxyl groups is 1. The van der Waals surface area contributed by atoms with Crippen LogP contribution >= 0.6 is 0 Å². The van der Waals surface area contributed by atoms with Gasteiger partial charge in [0.15, 0.2) is 17.8 Å². The summed E-state index contributed by atoms with van der Waals surface area (Å²) in [4.78, 5) is 13.0. The monoisotopic (exact) mass is 576 g/mol. The van der Waals surface area contributed by atoms with Crippen LogP contribution in [0.15, 0.2) is 53.4 Å². The summed E-state index contributed by atoms with van der Waals surface area (Å²) in [6.45, 7) is 4.54. The molecule has 12 heteroatoms. The first-order valence-electron chi connectivity index (χ1n) is 13.5. The van der Waals surface area contributed by atoms with Gasteiger partial charge in [-0.1, -0.05) is 44.2 Å². The summed E-state index contributed by atoms with van der Waals surface area (Å²) < 4.78 is 56.1. The Labute approximate surface area is 234 Å². The standard InChI is InChI=1S/C28H36N2O9S/c1-18(2)14-30(40(33,34)20-8-9-24-25(13-20)38-17-37-24)15-23(31)22(12-19-6-4-3-5-7-19)29-28(32)39-26-16-36-27-21(26)10-11-35-27/h3-9,13,18,21-23,26-27,31H,10-12,14-17H2,1-2H3,(H,29,32)/t21?,22-,23+,26?,27?/m0/s1. The van der Waals surface area contributed by atoms with Crippen LogP contribution in [0, 0.1) is 11.8 Å². The highest BCUT2D eigenvalue weighted by molar-refractivity contribution is 7.89. The van der Waals surface area contributed by atoms with Crippen LogP contribution in [-0.2, 0) is 30.7 Å². The third-order valence-electron chi connectivity index (χ3n) is 7.25. The van der Waals surface area contributed by atoms with Crippen LogP contribution < -0.4 is 14.8 Å². The van der Waals surface area contributed by atoms with Gasteiger partial charge < -0.3 is 34.1 Å². The number of alkyl carbamates (subject to hydrolysis) is 1. The summed E-state index contributed by atoms with van der Waals surface area (Å²) in [5, 5.41) is 14.2. The zero-order valence-electron chi connectivity index (χ0n) is 22.6. The molecule has 2 aromatic carbocycles. The zero-order chi connectivity index (χ0) is 28.3. The average molecular weight is 577 g/mol. The Hall–Kier alpha value is -2.90. The highest BCUT2D eigenvalue weighted by atomic mass is 32.2. The van der Waals surface area contributed by atoms with Crippen LogP contribution in [0.4, 0.5) is 4.79 Å². The van der Waals surface area contributed by atoms with E-state index in [-0.39, 0.29) is 55.9 Å². The molecule has 3 aliphatic heterocycles. The lowest BCUT2D eigenvalue weighted by atomic mass is 10.0. The SMILES string of the molecule is CC(C)CN(C[C@@H](O)[C@H](Cc1ccccc1)NC(=O)OC1COC2OCCC12)S(=O)(=O)c1ccc2c(c1)OCO2. The fourth-order valence-corrected chi connectivity index (χ4v) is 6.86. The van der Waals surface area contributed by atoms with Crippen molar-refractivity contribution in [2.75, 3.05) is 33.1 Å². The van der Waals surface area contributed by atoms with Crippen molar-refractivity contribution in [3.05, 3.63) is 54.1 Å². The fraction of sp³-hybridized carbons (Fsp3) is 0.536. The average Bonchev–Trinajstić information content (AvgIpc) is 3.66. The van der Waals surface area contributed by atoms with Crippen molar-refractivity contribution >= 4 is 16.1 Å². The van der Waals surface area contributed by atoms with Gasteiger partial charge in [-0.05, 0) is 36.5 Å². The number of rotatable bonds is 11. The minimum Gasteiger partial charge on any atom is -0.454 e. The molecule has 0 aliphatic carbocycles. The molecule has 2 N–H and O–H groups in total. The predicted octanol–water partition coefficient (Wildman–Crippen LogP) is 2.52. The lowest BCUT2D eigenvalue weighted by Crippen LogP contribution is -2.51. The molecule has 2 fully saturated rings. The Morgan fingerprint density at radius 2 is 1.88 bits per heavy atom. The molecule has 0 aromatic heterocycles. The Kier molecular flexibility index (Phi) is 8.81. The first-order valence-corrected chi connectivity index (χ1v) is 15.0. The van der Waals surface area contributed by atoms with Gasteiger partial charge >= 0.3 is 6.09 Å². The summed E-state index contributed by atoms with van der Waals surface area (Å²) in [6.07, 6.45) is -1.75. The molecule has 3 unspecified atom stereocenters. The summed E-state index contributed by atoms with van der Waals surface area (Å²) >= 11 is 0. The molecule has 3 aliphatic rings. The van der Waals surface area contributed by atoms with E-state index in [2.05, 4.69) is 5.32 Å². The molecule has 5 rings (SSSR count). The minimum atomic E-state index is -4.01. The Morgan fingerprint density at radius 1 is 1.10 bits per heavy atom. The van der Waals surface area contributed by atoms with E-state index >= 15 is 0 Å². The first-order chi connectivity index (χ1) is 19.2. The second-order valence-corrected chi connectivity index (χ2v) is 12.6. The zero-order valence-corrected chi connectivity index (χ0v) is 23.4. The van der Waals surface area contributed by atoms with Gasteiger partial charge in [-0.3, -0.25) is 0 Å². The van der Waals surface area contributed by atoms with Gasteiger partial charge in [0, 0.05) is 19.2 Å². The van der Waals surface area contributed by atoms with Crippen LogP contribution in [0.3, 0.4) is 0 Å².